The molecule has 1 aromatic rings. The molecule has 13 heavy (non-hydrogen) atoms. The van der Waals surface area contributed by atoms with Crippen molar-refractivity contribution in [3.8, 4) is 0 Å². The number of hydrogen-bond acceptors (Lipinski definition) is 3. The maximum Gasteiger partial charge on any atom is 0.291 e. The molecule has 0 bridgehead atoms. The summed E-state index contributed by atoms with van der Waals surface area (Å²) < 4.78 is 0.785. The van der Waals surface area contributed by atoms with Gasteiger partial charge in [0.25, 0.3) is 5.91 Å². The van der Waals surface area contributed by atoms with Gasteiger partial charge < -0.3 is 4.90 Å². The third-order valence-corrected chi connectivity index (χ3v) is 2.36. The molecule has 0 aromatic carbocycles. The Kier molecular flexibility index (Phi) is 2.26. The molecule has 1 aliphatic heterocycles. The van der Waals surface area contributed by atoms with Crippen molar-refractivity contribution in [3.63, 3.8) is 0 Å². The van der Waals surface area contributed by atoms with E-state index < -0.39 is 0 Å². The lowest BCUT2D eigenvalue weighted by molar-refractivity contribution is 0.0639. The summed E-state index contributed by atoms with van der Waals surface area (Å²) in [6.45, 7) is 1.66. The number of rotatable bonds is 1. The maximum atomic E-state index is 11.5. The molecule has 4 nitrogen and oxygen atoms in total. The first-order valence-electron chi connectivity index (χ1n) is 4.04. The summed E-state index contributed by atoms with van der Waals surface area (Å²) in [5.74, 6) is 0.210. The van der Waals surface area contributed by atoms with Crippen LogP contribution < -0.4 is 0 Å². The van der Waals surface area contributed by atoms with Crippen LogP contribution in [-0.2, 0) is 0 Å². The highest BCUT2D eigenvalue weighted by molar-refractivity contribution is 9.10. The van der Waals surface area contributed by atoms with Crippen molar-refractivity contribution < 1.29 is 4.79 Å². The minimum atomic E-state index is -0.0706. The SMILES string of the molecule is O=C(c1ncc(Br)cn1)N1CCC1. The number of carbonyl (C=O) groups is 1. The van der Waals surface area contributed by atoms with E-state index in [2.05, 4.69) is 25.9 Å². The van der Waals surface area contributed by atoms with E-state index in [-0.39, 0.29) is 11.7 Å². The fourth-order valence-electron chi connectivity index (χ4n) is 1.08. The average Bonchev–Trinajstić information content (AvgIpc) is 2.02. The van der Waals surface area contributed by atoms with Crippen molar-refractivity contribution in [1.82, 2.24) is 14.9 Å². The zero-order chi connectivity index (χ0) is 9.26. The van der Waals surface area contributed by atoms with Crippen LogP contribution >= 0.6 is 15.9 Å². The largest absolute Gasteiger partial charge is 0.336 e. The molecule has 2 heterocycles. The van der Waals surface area contributed by atoms with E-state index in [0.717, 1.165) is 24.0 Å². The normalized spacial score (nSPS) is 15.3. The molecule has 1 aliphatic rings. The van der Waals surface area contributed by atoms with Crippen molar-refractivity contribution in [2.24, 2.45) is 0 Å². The molecule has 1 aromatic heterocycles. The van der Waals surface area contributed by atoms with Crippen LogP contribution in [0.15, 0.2) is 16.9 Å². The van der Waals surface area contributed by atoms with Crippen LogP contribution in [0.1, 0.15) is 17.0 Å². The van der Waals surface area contributed by atoms with E-state index in [4.69, 9.17) is 0 Å². The monoisotopic (exact) mass is 241 g/mol. The third-order valence-electron chi connectivity index (χ3n) is 1.95. The Hall–Kier alpha value is -0.970. The Morgan fingerprint density at radius 1 is 1.38 bits per heavy atom. The molecule has 0 N–H and O–H groups in total. The van der Waals surface area contributed by atoms with Gasteiger partial charge in [-0.15, -0.1) is 0 Å². The van der Waals surface area contributed by atoms with E-state index in [1.165, 1.54) is 0 Å². The third kappa shape index (κ3) is 1.70. The minimum absolute atomic E-state index is 0.0706. The summed E-state index contributed by atoms with van der Waals surface area (Å²) in [5, 5.41) is 0. The Balaban J connectivity index is 2.15. The molecule has 0 spiro atoms. The van der Waals surface area contributed by atoms with Gasteiger partial charge in [0.05, 0.1) is 4.47 Å². The number of nitrogens with zero attached hydrogens (tertiary/aromatic N) is 3. The highest BCUT2D eigenvalue weighted by Crippen LogP contribution is 2.10. The number of amides is 1. The molecule has 1 saturated heterocycles. The molecular formula is C8H8BrN3O. The van der Waals surface area contributed by atoms with Gasteiger partial charge in [0.1, 0.15) is 0 Å². The second-order valence-electron chi connectivity index (χ2n) is 2.87. The van der Waals surface area contributed by atoms with Crippen molar-refractivity contribution in [3.05, 3.63) is 22.7 Å². The smallest absolute Gasteiger partial charge is 0.291 e. The molecule has 68 valence electrons. The Morgan fingerprint density at radius 2 is 2.00 bits per heavy atom. The maximum absolute atomic E-state index is 11.5. The van der Waals surface area contributed by atoms with Gasteiger partial charge in [0, 0.05) is 25.5 Å². The van der Waals surface area contributed by atoms with Gasteiger partial charge in [-0.1, -0.05) is 0 Å². The highest BCUT2D eigenvalue weighted by Gasteiger charge is 2.23. The van der Waals surface area contributed by atoms with Crippen molar-refractivity contribution in [2.75, 3.05) is 13.1 Å². The molecule has 0 radical (unpaired) electrons. The molecule has 0 unspecified atom stereocenters. The van der Waals surface area contributed by atoms with Gasteiger partial charge in [-0.3, -0.25) is 4.79 Å². The molecule has 1 fully saturated rings. The standard InChI is InChI=1S/C8H8BrN3O/c9-6-4-10-7(11-5-6)8(13)12-2-1-3-12/h4-5H,1-3H2. The average molecular weight is 242 g/mol. The Morgan fingerprint density at radius 3 is 2.46 bits per heavy atom. The van der Waals surface area contributed by atoms with Crippen LogP contribution in [0.25, 0.3) is 0 Å². The number of carbonyl (C=O) groups excluding carboxylic acids is 1. The topological polar surface area (TPSA) is 46.1 Å². The highest BCUT2D eigenvalue weighted by atomic mass is 79.9. The van der Waals surface area contributed by atoms with Crippen LogP contribution in [0.5, 0.6) is 0 Å². The minimum Gasteiger partial charge on any atom is -0.336 e. The molecule has 5 heteroatoms. The summed E-state index contributed by atoms with van der Waals surface area (Å²) in [4.78, 5) is 21.1. The van der Waals surface area contributed by atoms with Crippen LogP contribution in [0.4, 0.5) is 0 Å². The summed E-state index contributed by atoms with van der Waals surface area (Å²) in [7, 11) is 0. The molecular weight excluding hydrogens is 234 g/mol. The van der Waals surface area contributed by atoms with E-state index >= 15 is 0 Å². The number of halogens is 1. The lowest BCUT2D eigenvalue weighted by atomic mass is 10.2. The van der Waals surface area contributed by atoms with E-state index in [1.54, 1.807) is 17.3 Å². The Bertz CT molecular complexity index is 321. The number of likely N-dealkylation sites (tertiary alicyclic amines) is 1. The zero-order valence-electron chi connectivity index (χ0n) is 6.90. The zero-order valence-corrected chi connectivity index (χ0v) is 8.49. The summed E-state index contributed by atoms with van der Waals surface area (Å²) >= 11 is 3.21. The predicted molar refractivity (Wildman–Crippen MR) is 50.3 cm³/mol. The first-order chi connectivity index (χ1) is 6.27. The second-order valence-corrected chi connectivity index (χ2v) is 3.79. The van der Waals surface area contributed by atoms with Gasteiger partial charge in [0.15, 0.2) is 0 Å². The molecule has 0 aliphatic carbocycles. The van der Waals surface area contributed by atoms with Gasteiger partial charge in [-0.25, -0.2) is 9.97 Å². The molecule has 2 rings (SSSR count). The van der Waals surface area contributed by atoms with Crippen molar-refractivity contribution in [1.29, 1.82) is 0 Å². The van der Waals surface area contributed by atoms with E-state index in [1.807, 2.05) is 0 Å². The van der Waals surface area contributed by atoms with Crippen molar-refractivity contribution in [2.45, 2.75) is 6.42 Å². The lowest BCUT2D eigenvalue weighted by Crippen LogP contribution is -2.42. The first kappa shape index (κ1) is 8.62. The van der Waals surface area contributed by atoms with Crippen LogP contribution in [0, 0.1) is 0 Å². The lowest BCUT2D eigenvalue weighted by Gasteiger charge is -2.29. The Labute approximate surface area is 84.1 Å². The first-order valence-corrected chi connectivity index (χ1v) is 4.83. The van der Waals surface area contributed by atoms with Crippen LogP contribution in [0.3, 0.4) is 0 Å². The quantitative estimate of drug-likeness (QED) is 0.740. The van der Waals surface area contributed by atoms with Crippen LogP contribution in [0.2, 0.25) is 0 Å². The van der Waals surface area contributed by atoms with E-state index in [9.17, 15) is 4.79 Å². The predicted octanol–water partition coefficient (Wildman–Crippen LogP) is 1.08. The van der Waals surface area contributed by atoms with Crippen molar-refractivity contribution >= 4 is 21.8 Å². The molecule has 0 atom stereocenters. The fourth-order valence-corrected chi connectivity index (χ4v) is 1.29. The van der Waals surface area contributed by atoms with Crippen LogP contribution in [-0.4, -0.2) is 33.9 Å². The fraction of sp³-hybridized carbons (Fsp3) is 0.375. The van der Waals surface area contributed by atoms with E-state index in [0.29, 0.717) is 0 Å². The molecule has 0 saturated carbocycles. The number of aromatic nitrogens is 2. The van der Waals surface area contributed by atoms with Gasteiger partial charge in [0.2, 0.25) is 5.82 Å². The summed E-state index contributed by atoms with van der Waals surface area (Å²) in [5.41, 5.74) is 0. The summed E-state index contributed by atoms with van der Waals surface area (Å²) in [6.07, 6.45) is 4.25. The number of hydrogen-bond donors (Lipinski definition) is 0. The van der Waals surface area contributed by atoms with Gasteiger partial charge in [-0.2, -0.15) is 0 Å². The second kappa shape index (κ2) is 3.41. The van der Waals surface area contributed by atoms with Gasteiger partial charge >= 0.3 is 0 Å². The molecule has 1 amide bonds. The van der Waals surface area contributed by atoms with Gasteiger partial charge in [-0.05, 0) is 22.4 Å². The summed E-state index contributed by atoms with van der Waals surface area (Å²) in [6, 6.07) is 0.